The molecule has 0 bridgehead atoms. The van der Waals surface area contributed by atoms with Crippen LogP contribution in [0.15, 0.2) is 40.9 Å². The molecule has 0 aliphatic rings. The van der Waals surface area contributed by atoms with Crippen LogP contribution < -0.4 is 10.6 Å². The van der Waals surface area contributed by atoms with E-state index in [4.69, 9.17) is 0 Å². The average molecular weight is 341 g/mol. The van der Waals surface area contributed by atoms with E-state index in [-0.39, 0.29) is 5.69 Å². The van der Waals surface area contributed by atoms with Crippen molar-refractivity contribution in [2.45, 2.75) is 6.92 Å². The lowest BCUT2D eigenvalue weighted by atomic mass is 10.2. The fraction of sp³-hybridized carbons (Fsp3) is 0.0714. The Morgan fingerprint density at radius 1 is 1.10 bits per heavy atom. The SMILES string of the molecule is Cc1ccc(NC(=O)Nc2ccc(F)cc2F)cc1Br. The second-order valence-electron chi connectivity index (χ2n) is 4.17. The molecule has 0 radical (unpaired) electrons. The van der Waals surface area contributed by atoms with E-state index in [1.54, 1.807) is 12.1 Å². The number of rotatable bonds is 2. The molecule has 0 spiro atoms. The molecule has 0 aliphatic carbocycles. The molecular formula is C14H11BrF2N2O. The van der Waals surface area contributed by atoms with Gasteiger partial charge < -0.3 is 10.6 Å². The molecule has 2 amide bonds. The fourth-order valence-electron chi connectivity index (χ4n) is 1.55. The van der Waals surface area contributed by atoms with E-state index in [0.29, 0.717) is 11.8 Å². The largest absolute Gasteiger partial charge is 0.323 e. The number of carbonyl (C=O) groups is 1. The van der Waals surface area contributed by atoms with Gasteiger partial charge in [-0.05, 0) is 36.8 Å². The van der Waals surface area contributed by atoms with Gasteiger partial charge in [-0.3, -0.25) is 0 Å². The second kappa shape index (κ2) is 6.00. The lowest BCUT2D eigenvalue weighted by Gasteiger charge is -2.09. The summed E-state index contributed by atoms with van der Waals surface area (Å²) in [5.74, 6) is -1.53. The van der Waals surface area contributed by atoms with Gasteiger partial charge in [-0.2, -0.15) is 0 Å². The van der Waals surface area contributed by atoms with Gasteiger partial charge in [-0.1, -0.05) is 22.0 Å². The minimum absolute atomic E-state index is 0.0879. The van der Waals surface area contributed by atoms with E-state index < -0.39 is 17.7 Å². The summed E-state index contributed by atoms with van der Waals surface area (Å²) < 4.78 is 27.0. The zero-order chi connectivity index (χ0) is 14.7. The number of hydrogen-bond acceptors (Lipinski definition) is 1. The predicted octanol–water partition coefficient (Wildman–Crippen LogP) is 4.68. The van der Waals surface area contributed by atoms with Gasteiger partial charge in [-0.15, -0.1) is 0 Å². The van der Waals surface area contributed by atoms with Crippen molar-refractivity contribution in [2.75, 3.05) is 10.6 Å². The van der Waals surface area contributed by atoms with Crippen molar-refractivity contribution in [3.05, 3.63) is 58.1 Å². The van der Waals surface area contributed by atoms with Crippen molar-refractivity contribution < 1.29 is 13.6 Å². The van der Waals surface area contributed by atoms with Crippen LogP contribution in [0.1, 0.15) is 5.56 Å². The van der Waals surface area contributed by atoms with Crippen molar-refractivity contribution in [3.63, 3.8) is 0 Å². The summed E-state index contributed by atoms with van der Waals surface area (Å²) >= 11 is 3.35. The van der Waals surface area contributed by atoms with Crippen LogP contribution in [0.5, 0.6) is 0 Å². The third-order valence-corrected chi connectivity index (χ3v) is 3.46. The quantitative estimate of drug-likeness (QED) is 0.818. The second-order valence-corrected chi connectivity index (χ2v) is 5.02. The molecule has 0 aromatic heterocycles. The first-order valence-electron chi connectivity index (χ1n) is 5.75. The minimum atomic E-state index is -0.828. The van der Waals surface area contributed by atoms with Gasteiger partial charge in [0.05, 0.1) is 5.69 Å². The van der Waals surface area contributed by atoms with Crippen LogP contribution in [0, 0.1) is 18.6 Å². The Kier molecular flexibility index (Phi) is 4.34. The van der Waals surface area contributed by atoms with E-state index >= 15 is 0 Å². The van der Waals surface area contributed by atoms with Crippen LogP contribution in [-0.2, 0) is 0 Å². The highest BCUT2D eigenvalue weighted by molar-refractivity contribution is 9.10. The first-order chi connectivity index (χ1) is 9.45. The van der Waals surface area contributed by atoms with Crippen molar-refractivity contribution in [1.29, 1.82) is 0 Å². The number of nitrogens with one attached hydrogen (secondary N) is 2. The number of amides is 2. The van der Waals surface area contributed by atoms with E-state index in [1.165, 1.54) is 0 Å². The van der Waals surface area contributed by atoms with Crippen LogP contribution in [0.2, 0.25) is 0 Å². The van der Waals surface area contributed by atoms with Crippen molar-refractivity contribution in [3.8, 4) is 0 Å². The molecule has 0 fully saturated rings. The molecule has 0 saturated carbocycles. The summed E-state index contributed by atoms with van der Waals surface area (Å²) in [6.07, 6.45) is 0. The Bertz CT molecular complexity index is 662. The maximum Gasteiger partial charge on any atom is 0.323 e. The number of carbonyl (C=O) groups excluding carboxylic acids is 1. The third kappa shape index (κ3) is 3.54. The lowest BCUT2D eigenvalue weighted by Crippen LogP contribution is -2.20. The summed E-state index contributed by atoms with van der Waals surface area (Å²) in [6.45, 7) is 1.92. The topological polar surface area (TPSA) is 41.1 Å². The first kappa shape index (κ1) is 14.5. The van der Waals surface area contributed by atoms with Gasteiger partial charge in [0.1, 0.15) is 11.6 Å². The number of hydrogen-bond donors (Lipinski definition) is 2. The average Bonchev–Trinajstić information content (AvgIpc) is 2.37. The Labute approximate surface area is 123 Å². The smallest absolute Gasteiger partial charge is 0.308 e. The molecule has 2 aromatic rings. The number of urea groups is 1. The Hall–Kier alpha value is -1.95. The molecule has 0 saturated heterocycles. The monoisotopic (exact) mass is 340 g/mol. The molecule has 0 aliphatic heterocycles. The third-order valence-electron chi connectivity index (χ3n) is 2.61. The molecule has 2 N–H and O–H groups in total. The van der Waals surface area contributed by atoms with E-state index in [2.05, 4.69) is 26.6 Å². The van der Waals surface area contributed by atoms with E-state index in [0.717, 1.165) is 22.2 Å². The van der Waals surface area contributed by atoms with Gasteiger partial charge in [0.15, 0.2) is 0 Å². The highest BCUT2D eigenvalue weighted by Crippen LogP contribution is 2.21. The van der Waals surface area contributed by atoms with Crippen LogP contribution in [-0.4, -0.2) is 6.03 Å². The summed E-state index contributed by atoms with van der Waals surface area (Å²) in [5, 5.41) is 4.87. The molecule has 2 rings (SSSR count). The fourth-order valence-corrected chi connectivity index (χ4v) is 1.92. The summed E-state index contributed by atoms with van der Waals surface area (Å²) in [6, 6.07) is 7.62. The van der Waals surface area contributed by atoms with Gasteiger partial charge in [0, 0.05) is 16.2 Å². The normalized spacial score (nSPS) is 10.2. The zero-order valence-corrected chi connectivity index (χ0v) is 12.1. The van der Waals surface area contributed by atoms with Gasteiger partial charge >= 0.3 is 6.03 Å². The first-order valence-corrected chi connectivity index (χ1v) is 6.54. The Morgan fingerprint density at radius 3 is 2.50 bits per heavy atom. The molecule has 0 heterocycles. The van der Waals surface area contributed by atoms with Crippen LogP contribution in [0.3, 0.4) is 0 Å². The minimum Gasteiger partial charge on any atom is -0.308 e. The molecule has 2 aromatic carbocycles. The lowest BCUT2D eigenvalue weighted by molar-refractivity contribution is 0.262. The maximum absolute atomic E-state index is 13.4. The summed E-state index contributed by atoms with van der Waals surface area (Å²) in [5.41, 5.74) is 1.50. The number of anilines is 2. The van der Waals surface area contributed by atoms with Crippen LogP contribution >= 0.6 is 15.9 Å². The molecule has 0 unspecified atom stereocenters. The maximum atomic E-state index is 13.4. The molecule has 20 heavy (non-hydrogen) atoms. The van der Waals surface area contributed by atoms with Gasteiger partial charge in [-0.25, -0.2) is 13.6 Å². The molecule has 0 atom stereocenters. The Morgan fingerprint density at radius 2 is 1.85 bits per heavy atom. The predicted molar refractivity (Wildman–Crippen MR) is 77.9 cm³/mol. The zero-order valence-electron chi connectivity index (χ0n) is 10.5. The molecule has 6 heteroatoms. The van der Waals surface area contributed by atoms with E-state index in [9.17, 15) is 13.6 Å². The molecule has 104 valence electrons. The number of halogens is 3. The number of aryl methyl sites for hydroxylation is 1. The van der Waals surface area contributed by atoms with Gasteiger partial charge in [0.2, 0.25) is 0 Å². The standard InChI is InChI=1S/C14H11BrF2N2O/c1-8-2-4-10(7-11(8)15)18-14(20)19-13-5-3-9(16)6-12(13)17/h2-7H,1H3,(H2,18,19,20). The van der Waals surface area contributed by atoms with E-state index in [1.807, 2.05) is 13.0 Å². The van der Waals surface area contributed by atoms with Crippen LogP contribution in [0.4, 0.5) is 25.0 Å². The van der Waals surface area contributed by atoms with Crippen LogP contribution in [0.25, 0.3) is 0 Å². The summed E-state index contributed by atoms with van der Waals surface area (Å²) in [4.78, 5) is 11.7. The highest BCUT2D eigenvalue weighted by Gasteiger charge is 2.08. The Balaban J connectivity index is 2.07. The molecular weight excluding hydrogens is 330 g/mol. The highest BCUT2D eigenvalue weighted by atomic mass is 79.9. The van der Waals surface area contributed by atoms with Crippen molar-refractivity contribution in [2.24, 2.45) is 0 Å². The molecule has 3 nitrogen and oxygen atoms in total. The summed E-state index contributed by atoms with van der Waals surface area (Å²) in [7, 11) is 0. The van der Waals surface area contributed by atoms with Gasteiger partial charge in [0.25, 0.3) is 0 Å². The number of benzene rings is 2. The van der Waals surface area contributed by atoms with Crippen molar-refractivity contribution in [1.82, 2.24) is 0 Å². The van der Waals surface area contributed by atoms with Crippen molar-refractivity contribution >= 4 is 33.3 Å².